The van der Waals surface area contributed by atoms with Crippen LogP contribution in [0.25, 0.3) is 10.8 Å². The molecule has 0 amide bonds. The number of hydrogen-bond acceptors (Lipinski definition) is 3. The molecule has 0 unspecified atom stereocenters. The number of sulfone groups is 1. The second-order valence-corrected chi connectivity index (χ2v) is 9.72. The summed E-state index contributed by atoms with van der Waals surface area (Å²) in [7, 11) is -3.08. The maximum absolute atomic E-state index is 11.5. The molecule has 0 radical (unpaired) electrons. The Morgan fingerprint density at radius 1 is 1.04 bits per heavy atom. The highest BCUT2D eigenvalue weighted by molar-refractivity contribution is 7.89. The molecule has 0 aliphatic heterocycles. The number of hydrogen-bond donors (Lipinski definition) is 1. The van der Waals surface area contributed by atoms with Gasteiger partial charge in [-0.05, 0) is 64.1 Å². The predicted molar refractivity (Wildman–Crippen MR) is 113 cm³/mol. The van der Waals surface area contributed by atoms with E-state index in [0.717, 1.165) is 38.6 Å². The maximum Gasteiger partial charge on any atom is 0.307 e. The quantitative estimate of drug-likeness (QED) is 0.639. The average molecular weight is 417 g/mol. The summed E-state index contributed by atoms with van der Waals surface area (Å²) in [5.74, 6) is -0.855. The molecule has 3 aromatic rings. The molecule has 3 rings (SSSR count). The lowest BCUT2D eigenvalue weighted by molar-refractivity contribution is -0.136. The Balaban J connectivity index is 2.04. The third kappa shape index (κ3) is 4.91. The Morgan fingerprint density at radius 2 is 1.68 bits per heavy atom. The molecule has 4 nitrogen and oxygen atoms in total. The van der Waals surface area contributed by atoms with Gasteiger partial charge in [0.25, 0.3) is 0 Å². The summed E-state index contributed by atoms with van der Waals surface area (Å²) in [5, 5.41) is 11.8. The van der Waals surface area contributed by atoms with Gasteiger partial charge in [0.2, 0.25) is 0 Å². The molecule has 0 aliphatic rings. The van der Waals surface area contributed by atoms with Crippen molar-refractivity contribution >= 4 is 38.2 Å². The SMILES string of the molecule is Cc1c(CC(=O)O)cc2ccc(Cl)cc2c1Cc1ccc(CS(C)(=O)=O)cc1. The minimum atomic E-state index is -3.08. The van der Waals surface area contributed by atoms with E-state index in [2.05, 4.69) is 0 Å². The van der Waals surface area contributed by atoms with Gasteiger partial charge in [-0.1, -0.05) is 48.0 Å². The summed E-state index contributed by atoms with van der Waals surface area (Å²) in [6, 6.07) is 15.0. The Bertz CT molecular complexity index is 1150. The number of carbonyl (C=O) groups is 1. The zero-order chi connectivity index (χ0) is 20.5. The number of fused-ring (bicyclic) bond motifs is 1. The second kappa shape index (κ2) is 7.94. The van der Waals surface area contributed by atoms with Gasteiger partial charge in [0, 0.05) is 11.3 Å². The standard InChI is InChI=1S/C22H21ClO4S/c1-14-18(11-22(24)25)10-17-7-8-19(23)12-21(17)20(14)9-15-3-5-16(6-4-15)13-28(2,26)27/h3-8,10,12H,9,11,13H2,1-2H3,(H,24,25). The number of rotatable bonds is 6. The van der Waals surface area contributed by atoms with Crippen LogP contribution in [-0.4, -0.2) is 25.7 Å². The first-order valence-electron chi connectivity index (χ1n) is 8.80. The van der Waals surface area contributed by atoms with Gasteiger partial charge >= 0.3 is 5.97 Å². The molecule has 0 spiro atoms. The smallest absolute Gasteiger partial charge is 0.307 e. The van der Waals surface area contributed by atoms with Gasteiger partial charge in [-0.15, -0.1) is 0 Å². The molecule has 0 heterocycles. The van der Waals surface area contributed by atoms with E-state index in [1.807, 2.05) is 49.4 Å². The topological polar surface area (TPSA) is 71.4 Å². The zero-order valence-corrected chi connectivity index (χ0v) is 17.3. The normalized spacial score (nSPS) is 11.7. The van der Waals surface area contributed by atoms with Crippen molar-refractivity contribution in [2.75, 3.05) is 6.26 Å². The molecule has 28 heavy (non-hydrogen) atoms. The van der Waals surface area contributed by atoms with Crippen LogP contribution in [-0.2, 0) is 33.2 Å². The van der Waals surface area contributed by atoms with Crippen molar-refractivity contribution in [1.29, 1.82) is 0 Å². The fraction of sp³-hybridized carbons (Fsp3) is 0.227. The highest BCUT2D eigenvalue weighted by atomic mass is 35.5. The van der Waals surface area contributed by atoms with Crippen LogP contribution < -0.4 is 0 Å². The largest absolute Gasteiger partial charge is 0.481 e. The summed E-state index contributed by atoms with van der Waals surface area (Å²) >= 11 is 6.20. The van der Waals surface area contributed by atoms with Gasteiger partial charge in [-0.3, -0.25) is 4.79 Å². The van der Waals surface area contributed by atoms with E-state index >= 15 is 0 Å². The first-order chi connectivity index (χ1) is 13.1. The highest BCUT2D eigenvalue weighted by Crippen LogP contribution is 2.30. The summed E-state index contributed by atoms with van der Waals surface area (Å²) in [6.07, 6.45) is 1.79. The van der Waals surface area contributed by atoms with Crippen LogP contribution in [0.5, 0.6) is 0 Å². The monoisotopic (exact) mass is 416 g/mol. The highest BCUT2D eigenvalue weighted by Gasteiger charge is 2.14. The molecule has 0 bridgehead atoms. The minimum Gasteiger partial charge on any atom is -0.481 e. The second-order valence-electron chi connectivity index (χ2n) is 7.14. The molecule has 1 N–H and O–H groups in total. The Labute approximate surface area is 169 Å². The van der Waals surface area contributed by atoms with Crippen LogP contribution in [0.2, 0.25) is 5.02 Å². The molecule has 0 aliphatic carbocycles. The minimum absolute atomic E-state index is 0.0128. The average Bonchev–Trinajstić information content (AvgIpc) is 2.59. The first-order valence-corrected chi connectivity index (χ1v) is 11.2. The lowest BCUT2D eigenvalue weighted by Crippen LogP contribution is -2.05. The third-order valence-corrected chi connectivity index (χ3v) is 5.87. The van der Waals surface area contributed by atoms with E-state index in [1.54, 1.807) is 6.07 Å². The lowest BCUT2D eigenvalue weighted by atomic mass is 9.89. The van der Waals surface area contributed by atoms with E-state index < -0.39 is 15.8 Å². The van der Waals surface area contributed by atoms with E-state index in [-0.39, 0.29) is 12.2 Å². The van der Waals surface area contributed by atoms with Crippen molar-refractivity contribution in [2.45, 2.75) is 25.5 Å². The van der Waals surface area contributed by atoms with Crippen molar-refractivity contribution < 1.29 is 18.3 Å². The van der Waals surface area contributed by atoms with Gasteiger partial charge in [0.1, 0.15) is 0 Å². The van der Waals surface area contributed by atoms with Crippen LogP contribution in [0.1, 0.15) is 27.8 Å². The van der Waals surface area contributed by atoms with E-state index in [0.29, 0.717) is 11.4 Å². The van der Waals surface area contributed by atoms with Crippen LogP contribution in [0.3, 0.4) is 0 Å². The van der Waals surface area contributed by atoms with Gasteiger partial charge in [-0.2, -0.15) is 0 Å². The summed E-state index contributed by atoms with van der Waals surface area (Å²) in [6.45, 7) is 1.94. The molecule has 0 fully saturated rings. The van der Waals surface area contributed by atoms with E-state index in [1.165, 1.54) is 6.26 Å². The van der Waals surface area contributed by atoms with Gasteiger partial charge in [0.05, 0.1) is 12.2 Å². The zero-order valence-electron chi connectivity index (χ0n) is 15.7. The molecule has 0 aromatic heterocycles. The summed E-state index contributed by atoms with van der Waals surface area (Å²) < 4.78 is 22.9. The molecule has 3 aromatic carbocycles. The van der Waals surface area contributed by atoms with Crippen molar-refractivity contribution in [1.82, 2.24) is 0 Å². The molecule has 0 atom stereocenters. The van der Waals surface area contributed by atoms with Crippen molar-refractivity contribution in [3.05, 3.63) is 81.4 Å². The van der Waals surface area contributed by atoms with Crippen LogP contribution >= 0.6 is 11.6 Å². The Kier molecular flexibility index (Phi) is 5.77. The number of benzene rings is 3. The van der Waals surface area contributed by atoms with Gasteiger partial charge in [0.15, 0.2) is 9.84 Å². The molecule has 6 heteroatoms. The number of halogens is 1. The number of aliphatic carboxylic acids is 1. The Morgan fingerprint density at radius 3 is 2.29 bits per heavy atom. The van der Waals surface area contributed by atoms with Crippen LogP contribution in [0, 0.1) is 6.92 Å². The maximum atomic E-state index is 11.5. The predicted octanol–water partition coefficient (Wildman–Crippen LogP) is 4.56. The first kappa shape index (κ1) is 20.4. The summed E-state index contributed by atoms with van der Waals surface area (Å²) in [4.78, 5) is 11.3. The molecule has 146 valence electrons. The van der Waals surface area contributed by atoms with Crippen molar-refractivity contribution in [3.63, 3.8) is 0 Å². The van der Waals surface area contributed by atoms with Gasteiger partial charge in [-0.25, -0.2) is 8.42 Å². The fourth-order valence-corrected chi connectivity index (χ4v) is 4.41. The van der Waals surface area contributed by atoms with Gasteiger partial charge < -0.3 is 5.11 Å². The van der Waals surface area contributed by atoms with Crippen molar-refractivity contribution in [2.24, 2.45) is 0 Å². The Hall–Kier alpha value is -2.37. The van der Waals surface area contributed by atoms with E-state index in [4.69, 9.17) is 11.6 Å². The number of carboxylic acid groups (broad SMARTS) is 1. The molecular weight excluding hydrogens is 396 g/mol. The molecule has 0 saturated heterocycles. The molecule has 0 saturated carbocycles. The third-order valence-electron chi connectivity index (χ3n) is 4.78. The molecular formula is C22H21ClO4S. The number of carboxylic acids is 1. The summed E-state index contributed by atoms with van der Waals surface area (Å²) in [5.41, 5.74) is 4.53. The van der Waals surface area contributed by atoms with Crippen molar-refractivity contribution in [3.8, 4) is 0 Å². The lowest BCUT2D eigenvalue weighted by Gasteiger charge is -2.15. The van der Waals surface area contributed by atoms with Crippen LogP contribution in [0.15, 0.2) is 48.5 Å². The van der Waals surface area contributed by atoms with Crippen LogP contribution in [0.4, 0.5) is 0 Å². The van der Waals surface area contributed by atoms with E-state index in [9.17, 15) is 18.3 Å². The fourth-order valence-electron chi connectivity index (χ4n) is 3.44.